The number of methoxy groups -OCH3 is 1. The molecule has 0 N–H and O–H groups in total. The molecule has 5 nitrogen and oxygen atoms in total. The van der Waals surface area contributed by atoms with Crippen LogP contribution in [0.25, 0.3) is 10.2 Å². The van der Waals surface area contributed by atoms with Gasteiger partial charge in [-0.3, -0.25) is 9.69 Å². The van der Waals surface area contributed by atoms with Gasteiger partial charge in [0.1, 0.15) is 15.6 Å². The zero-order valence-electron chi connectivity index (χ0n) is 14.7. The Bertz CT molecular complexity index is 1030. The van der Waals surface area contributed by atoms with Crippen LogP contribution in [0.2, 0.25) is 13.7 Å². The predicted octanol–water partition coefficient (Wildman–Crippen LogP) is 6.15. The number of thiophene rings is 1. The van der Waals surface area contributed by atoms with Gasteiger partial charge in [0, 0.05) is 6.61 Å². The lowest BCUT2D eigenvalue weighted by molar-refractivity contribution is 0.0918. The lowest BCUT2D eigenvalue weighted by atomic mass is 10.2. The molecule has 4 rings (SSSR count). The van der Waals surface area contributed by atoms with Crippen LogP contribution in [0.4, 0.5) is 5.13 Å². The van der Waals surface area contributed by atoms with E-state index in [1.807, 2.05) is 0 Å². The van der Waals surface area contributed by atoms with Crippen LogP contribution >= 0.6 is 57.5 Å². The second-order valence-electron chi connectivity index (χ2n) is 6.21. The van der Waals surface area contributed by atoms with E-state index in [1.165, 1.54) is 11.3 Å². The number of aromatic nitrogens is 1. The Morgan fingerprint density at radius 2 is 2.18 bits per heavy atom. The number of carbonyl (C=O) groups is 1. The summed E-state index contributed by atoms with van der Waals surface area (Å²) in [6.45, 7) is 1.07. The molecular formula is C18H15Cl3N2O3S2. The molecule has 0 aliphatic carbocycles. The summed E-state index contributed by atoms with van der Waals surface area (Å²) in [5.41, 5.74) is 0.974. The number of hydrogen-bond donors (Lipinski definition) is 0. The molecule has 0 saturated carbocycles. The molecule has 1 fully saturated rings. The van der Waals surface area contributed by atoms with Gasteiger partial charge in [0.25, 0.3) is 5.91 Å². The Morgan fingerprint density at radius 3 is 2.82 bits per heavy atom. The van der Waals surface area contributed by atoms with Crippen LogP contribution in [-0.4, -0.2) is 37.3 Å². The van der Waals surface area contributed by atoms with Crippen LogP contribution in [0.3, 0.4) is 0 Å². The summed E-state index contributed by atoms with van der Waals surface area (Å²) < 4.78 is 12.7. The number of amides is 1. The van der Waals surface area contributed by atoms with E-state index < -0.39 is 0 Å². The third kappa shape index (κ3) is 3.84. The summed E-state index contributed by atoms with van der Waals surface area (Å²) in [6, 6.07) is 5.10. The largest absolute Gasteiger partial charge is 0.494 e. The molecular weight excluding hydrogens is 463 g/mol. The average Bonchev–Trinajstić information content (AvgIpc) is 3.39. The number of hydrogen-bond acceptors (Lipinski definition) is 6. The van der Waals surface area contributed by atoms with Crippen molar-refractivity contribution in [2.24, 2.45) is 0 Å². The van der Waals surface area contributed by atoms with E-state index in [-0.39, 0.29) is 12.0 Å². The highest BCUT2D eigenvalue weighted by molar-refractivity contribution is 7.23. The van der Waals surface area contributed by atoms with E-state index in [4.69, 9.17) is 44.3 Å². The van der Waals surface area contributed by atoms with Crippen LogP contribution in [-0.2, 0) is 4.74 Å². The van der Waals surface area contributed by atoms with E-state index in [0.29, 0.717) is 48.8 Å². The smallest absolute Gasteiger partial charge is 0.262 e. The highest BCUT2D eigenvalue weighted by Gasteiger charge is 2.29. The van der Waals surface area contributed by atoms with Crippen molar-refractivity contribution in [1.29, 1.82) is 0 Å². The number of ether oxygens (including phenoxy) is 2. The highest BCUT2D eigenvalue weighted by Crippen LogP contribution is 2.40. The fourth-order valence-corrected chi connectivity index (χ4v) is 5.80. The fourth-order valence-electron chi connectivity index (χ4n) is 3.09. The quantitative estimate of drug-likeness (QED) is 0.442. The first-order valence-corrected chi connectivity index (χ1v) is 11.3. The van der Waals surface area contributed by atoms with E-state index >= 15 is 0 Å². The van der Waals surface area contributed by atoms with Crippen LogP contribution in [0, 0.1) is 0 Å². The van der Waals surface area contributed by atoms with Crippen molar-refractivity contribution >= 4 is 78.7 Å². The Labute approximate surface area is 184 Å². The maximum absolute atomic E-state index is 13.3. The first-order chi connectivity index (χ1) is 13.5. The van der Waals surface area contributed by atoms with Crippen molar-refractivity contribution in [3.63, 3.8) is 0 Å². The van der Waals surface area contributed by atoms with Crippen molar-refractivity contribution in [3.05, 3.63) is 37.5 Å². The Hall–Kier alpha value is -1.09. The average molecular weight is 478 g/mol. The summed E-state index contributed by atoms with van der Waals surface area (Å²) in [5, 5.41) is 1.07. The van der Waals surface area contributed by atoms with Crippen molar-refractivity contribution in [3.8, 4) is 5.75 Å². The molecule has 1 aromatic carbocycles. The van der Waals surface area contributed by atoms with Gasteiger partial charge in [-0.15, -0.1) is 11.3 Å². The number of halogens is 3. The minimum atomic E-state index is -0.266. The summed E-state index contributed by atoms with van der Waals surface area (Å²) >= 11 is 21.1. The summed E-state index contributed by atoms with van der Waals surface area (Å²) in [5.74, 6) is 0.334. The van der Waals surface area contributed by atoms with Gasteiger partial charge in [-0.25, -0.2) is 4.98 Å². The number of benzene rings is 1. The van der Waals surface area contributed by atoms with Gasteiger partial charge in [0.2, 0.25) is 0 Å². The third-order valence-electron chi connectivity index (χ3n) is 4.44. The number of fused-ring (bicyclic) bond motifs is 1. The molecule has 3 heterocycles. The molecule has 1 amide bonds. The molecule has 10 heteroatoms. The highest BCUT2D eigenvalue weighted by atomic mass is 35.5. The topological polar surface area (TPSA) is 51.7 Å². The van der Waals surface area contributed by atoms with Crippen LogP contribution in [0.5, 0.6) is 5.75 Å². The zero-order chi connectivity index (χ0) is 19.8. The second-order valence-corrected chi connectivity index (χ2v) is 9.88. The zero-order valence-corrected chi connectivity index (χ0v) is 18.6. The van der Waals surface area contributed by atoms with Gasteiger partial charge in [0.15, 0.2) is 5.13 Å². The molecule has 0 bridgehead atoms. The Kier molecular flexibility index (Phi) is 6.01. The van der Waals surface area contributed by atoms with E-state index in [2.05, 4.69) is 4.98 Å². The lowest BCUT2D eigenvalue weighted by Gasteiger charge is -2.22. The molecule has 3 aromatic rings. The normalized spacial score (nSPS) is 16.6. The first-order valence-electron chi connectivity index (χ1n) is 8.49. The number of carbonyl (C=O) groups excluding carboxylic acids is 1. The maximum atomic E-state index is 13.3. The maximum Gasteiger partial charge on any atom is 0.262 e. The van der Waals surface area contributed by atoms with Gasteiger partial charge < -0.3 is 9.47 Å². The SMILES string of the molecule is COc1ccc(Cl)c2sc(N(CC3CCCO3)C(=O)c3cc(Cl)sc3Cl)nc12. The Morgan fingerprint density at radius 1 is 1.36 bits per heavy atom. The molecule has 2 aromatic heterocycles. The van der Waals surface area contributed by atoms with Crippen molar-refractivity contribution < 1.29 is 14.3 Å². The molecule has 0 radical (unpaired) electrons. The van der Waals surface area contributed by atoms with Crippen LogP contribution in [0.1, 0.15) is 23.2 Å². The summed E-state index contributed by atoms with van der Waals surface area (Å²) in [6.07, 6.45) is 1.80. The molecule has 28 heavy (non-hydrogen) atoms. The molecule has 1 aliphatic rings. The monoisotopic (exact) mass is 476 g/mol. The van der Waals surface area contributed by atoms with Crippen molar-refractivity contribution in [1.82, 2.24) is 4.98 Å². The van der Waals surface area contributed by atoms with Crippen LogP contribution in [0.15, 0.2) is 18.2 Å². The van der Waals surface area contributed by atoms with E-state index in [0.717, 1.165) is 28.9 Å². The summed E-state index contributed by atoms with van der Waals surface area (Å²) in [4.78, 5) is 19.6. The third-order valence-corrected chi connectivity index (χ3v) is 7.47. The van der Waals surface area contributed by atoms with Crippen molar-refractivity contribution in [2.75, 3.05) is 25.2 Å². The molecule has 0 spiro atoms. The number of rotatable bonds is 5. The van der Waals surface area contributed by atoms with Crippen molar-refractivity contribution in [2.45, 2.75) is 18.9 Å². The molecule has 1 aliphatic heterocycles. The molecule has 1 unspecified atom stereocenters. The van der Waals surface area contributed by atoms with E-state index in [1.54, 1.807) is 30.2 Å². The summed E-state index contributed by atoms with van der Waals surface area (Å²) in [7, 11) is 1.57. The number of anilines is 1. The first kappa shape index (κ1) is 20.2. The van der Waals surface area contributed by atoms with Crippen LogP contribution < -0.4 is 9.64 Å². The minimum Gasteiger partial charge on any atom is -0.494 e. The van der Waals surface area contributed by atoms with Gasteiger partial charge >= 0.3 is 0 Å². The van der Waals surface area contributed by atoms with Gasteiger partial charge in [-0.1, -0.05) is 46.1 Å². The minimum absolute atomic E-state index is 0.0544. The lowest BCUT2D eigenvalue weighted by Crippen LogP contribution is -2.37. The van der Waals surface area contributed by atoms with Gasteiger partial charge in [-0.2, -0.15) is 0 Å². The van der Waals surface area contributed by atoms with Gasteiger partial charge in [0.05, 0.1) is 39.4 Å². The number of nitrogens with zero attached hydrogens (tertiary/aromatic N) is 2. The fraction of sp³-hybridized carbons (Fsp3) is 0.333. The Balaban J connectivity index is 1.78. The predicted molar refractivity (Wildman–Crippen MR) is 116 cm³/mol. The molecule has 1 saturated heterocycles. The van der Waals surface area contributed by atoms with E-state index in [9.17, 15) is 4.79 Å². The molecule has 148 valence electrons. The van der Waals surface area contributed by atoms with Gasteiger partial charge in [-0.05, 0) is 31.0 Å². The second kappa shape index (κ2) is 8.34. The standard InChI is InChI=1S/C18H15Cl3N2O3S2/c1-25-12-5-4-11(19)15-14(12)22-18(28-15)23(8-9-3-2-6-26-9)17(24)10-7-13(20)27-16(10)21/h4-5,7,9H,2-3,6,8H2,1H3. The number of thiazole rings is 1. The molecule has 1 atom stereocenters.